The largest absolute Gasteiger partial charge is 0.346 e. The van der Waals surface area contributed by atoms with Gasteiger partial charge in [-0.1, -0.05) is 0 Å². The van der Waals surface area contributed by atoms with E-state index in [-0.39, 0.29) is 23.2 Å². The monoisotopic (exact) mass is 294 g/mol. The summed E-state index contributed by atoms with van der Waals surface area (Å²) in [6, 6.07) is 0. The van der Waals surface area contributed by atoms with Crippen LogP contribution in [0.2, 0.25) is 0 Å². The number of nitrogens with zero attached hydrogens (tertiary/aromatic N) is 2. The Hall–Kier alpha value is -0.660. The maximum absolute atomic E-state index is 11.3. The number of carbonyl (C=O) groups is 1. The fraction of sp³-hybridized carbons (Fsp3) is 0.556. The van der Waals surface area contributed by atoms with E-state index in [1.807, 2.05) is 4.90 Å². The molecule has 94 valence electrons. The van der Waals surface area contributed by atoms with Gasteiger partial charge in [0, 0.05) is 18.5 Å². The third-order valence-corrected chi connectivity index (χ3v) is 5.27. The Morgan fingerprint density at radius 2 is 2.12 bits per heavy atom. The highest BCUT2D eigenvalue weighted by Crippen LogP contribution is 2.22. The van der Waals surface area contributed by atoms with Crippen molar-refractivity contribution in [2.45, 2.75) is 0 Å². The Labute approximate surface area is 108 Å². The normalized spacial score (nSPS) is 19.2. The van der Waals surface area contributed by atoms with Crippen LogP contribution in [0.1, 0.15) is 10.5 Å². The second-order valence-electron chi connectivity index (χ2n) is 3.71. The van der Waals surface area contributed by atoms with Crippen LogP contribution in [-0.2, 0) is 9.84 Å². The minimum atomic E-state index is -2.89. The van der Waals surface area contributed by atoms with Crippen LogP contribution in [0.5, 0.6) is 0 Å². The number of thiazole rings is 1. The van der Waals surface area contributed by atoms with Crippen LogP contribution < -0.4 is 4.90 Å². The lowest BCUT2D eigenvalue weighted by Gasteiger charge is -2.25. The first kappa shape index (κ1) is 12.8. The fourth-order valence-electron chi connectivity index (χ4n) is 1.51. The first-order chi connectivity index (χ1) is 8.02. The van der Waals surface area contributed by atoms with Crippen LogP contribution in [0.25, 0.3) is 0 Å². The molecule has 0 spiro atoms. The van der Waals surface area contributed by atoms with Gasteiger partial charge in [-0.05, 0) is 0 Å². The van der Waals surface area contributed by atoms with Gasteiger partial charge < -0.3 is 4.90 Å². The molecule has 0 aromatic carbocycles. The molecule has 0 N–H and O–H groups in total. The van der Waals surface area contributed by atoms with Gasteiger partial charge in [-0.2, -0.15) is 0 Å². The number of aromatic nitrogens is 1. The Balaban J connectivity index is 2.09. The van der Waals surface area contributed by atoms with E-state index in [9.17, 15) is 13.2 Å². The number of carbonyl (C=O) groups excluding carboxylic acids is 1. The van der Waals surface area contributed by atoms with E-state index in [0.29, 0.717) is 23.9 Å². The summed E-state index contributed by atoms with van der Waals surface area (Å²) in [5.74, 6) is -0.00678. The van der Waals surface area contributed by atoms with Gasteiger partial charge in [-0.3, -0.25) is 4.79 Å². The molecule has 2 rings (SSSR count). The number of sulfone groups is 1. The van der Waals surface area contributed by atoms with Gasteiger partial charge in [0.25, 0.3) is 0 Å². The molecule has 5 nitrogen and oxygen atoms in total. The minimum absolute atomic E-state index is 0.0858. The SMILES string of the molecule is O=C(CCl)c1csc(N2CCS(=O)(=O)CC2)n1. The predicted molar refractivity (Wildman–Crippen MR) is 68.0 cm³/mol. The highest BCUT2D eigenvalue weighted by molar-refractivity contribution is 7.91. The third kappa shape index (κ3) is 2.97. The van der Waals surface area contributed by atoms with E-state index in [1.165, 1.54) is 11.3 Å². The zero-order valence-corrected chi connectivity index (χ0v) is 11.3. The Morgan fingerprint density at radius 3 is 2.71 bits per heavy atom. The van der Waals surface area contributed by atoms with Crippen molar-refractivity contribution in [3.05, 3.63) is 11.1 Å². The molecule has 0 radical (unpaired) electrons. The lowest BCUT2D eigenvalue weighted by molar-refractivity contribution is 0.101. The molecule has 17 heavy (non-hydrogen) atoms. The molecule has 1 aliphatic heterocycles. The third-order valence-electron chi connectivity index (χ3n) is 2.51. The number of hydrogen-bond donors (Lipinski definition) is 0. The van der Waals surface area contributed by atoms with Crippen LogP contribution in [0, 0.1) is 0 Å². The van der Waals surface area contributed by atoms with Gasteiger partial charge in [0.05, 0.1) is 17.4 Å². The first-order valence-electron chi connectivity index (χ1n) is 5.02. The number of anilines is 1. The van der Waals surface area contributed by atoms with Crippen LogP contribution >= 0.6 is 22.9 Å². The molecule has 8 heteroatoms. The van der Waals surface area contributed by atoms with Crippen molar-refractivity contribution in [1.29, 1.82) is 0 Å². The van der Waals surface area contributed by atoms with Gasteiger partial charge in [-0.25, -0.2) is 13.4 Å². The van der Waals surface area contributed by atoms with Crippen LogP contribution in [-0.4, -0.2) is 49.7 Å². The molecule has 0 amide bonds. The summed E-state index contributed by atoms with van der Waals surface area (Å²) in [5.41, 5.74) is 0.355. The van der Waals surface area contributed by atoms with E-state index in [0.717, 1.165) is 0 Å². The lowest BCUT2D eigenvalue weighted by Crippen LogP contribution is -2.40. The van der Waals surface area contributed by atoms with E-state index in [1.54, 1.807) is 5.38 Å². The number of alkyl halides is 1. The first-order valence-corrected chi connectivity index (χ1v) is 8.25. The minimum Gasteiger partial charge on any atom is -0.346 e. The van der Waals surface area contributed by atoms with Gasteiger partial charge in [0.15, 0.2) is 20.8 Å². The number of rotatable bonds is 3. The molecule has 2 heterocycles. The Morgan fingerprint density at radius 1 is 1.47 bits per heavy atom. The molecular formula is C9H11ClN2O3S2. The summed E-state index contributed by atoms with van der Waals surface area (Å²) < 4.78 is 22.5. The molecule has 0 atom stereocenters. The second kappa shape index (κ2) is 4.91. The van der Waals surface area contributed by atoms with Gasteiger partial charge in [-0.15, -0.1) is 22.9 Å². The molecule has 0 saturated carbocycles. The van der Waals surface area contributed by atoms with E-state index in [2.05, 4.69) is 4.98 Å². The van der Waals surface area contributed by atoms with E-state index < -0.39 is 9.84 Å². The average Bonchev–Trinajstić information content (AvgIpc) is 2.77. The standard InChI is InChI=1S/C9H11ClN2O3S2/c10-5-8(13)7-6-16-9(11-7)12-1-3-17(14,15)4-2-12/h6H,1-5H2. The number of Topliss-reactive ketones (excluding diaryl/α,β-unsaturated/α-hetero) is 1. The number of halogens is 1. The second-order valence-corrected chi connectivity index (χ2v) is 7.12. The van der Waals surface area contributed by atoms with Gasteiger partial charge >= 0.3 is 0 Å². The average molecular weight is 295 g/mol. The fourth-order valence-corrected chi connectivity index (χ4v) is 3.73. The zero-order chi connectivity index (χ0) is 12.5. The lowest BCUT2D eigenvalue weighted by atomic mass is 10.3. The van der Waals surface area contributed by atoms with Crippen molar-refractivity contribution >= 4 is 43.7 Å². The summed E-state index contributed by atoms with van der Waals surface area (Å²) in [6.45, 7) is 0.870. The Kier molecular flexibility index (Phi) is 3.70. The smallest absolute Gasteiger partial charge is 0.196 e. The summed E-state index contributed by atoms with van der Waals surface area (Å²) >= 11 is 6.78. The molecule has 1 aliphatic rings. The van der Waals surface area contributed by atoms with Gasteiger partial charge in [0.2, 0.25) is 0 Å². The predicted octanol–water partition coefficient (Wildman–Crippen LogP) is 0.799. The van der Waals surface area contributed by atoms with E-state index >= 15 is 0 Å². The molecule has 1 fully saturated rings. The van der Waals surface area contributed by atoms with Crippen molar-refractivity contribution in [3.63, 3.8) is 0 Å². The van der Waals surface area contributed by atoms with Crippen LogP contribution in [0.4, 0.5) is 5.13 Å². The van der Waals surface area contributed by atoms with Crippen LogP contribution in [0.3, 0.4) is 0 Å². The summed E-state index contributed by atoms with van der Waals surface area (Å²) in [4.78, 5) is 17.4. The molecule has 1 saturated heterocycles. The topological polar surface area (TPSA) is 67.3 Å². The summed E-state index contributed by atoms with van der Waals surface area (Å²) in [6.07, 6.45) is 0. The molecule has 1 aromatic heterocycles. The maximum atomic E-state index is 11.3. The van der Waals surface area contributed by atoms with Crippen molar-refractivity contribution in [2.75, 3.05) is 35.4 Å². The maximum Gasteiger partial charge on any atom is 0.196 e. The zero-order valence-electron chi connectivity index (χ0n) is 8.93. The van der Waals surface area contributed by atoms with Crippen molar-refractivity contribution in [1.82, 2.24) is 4.98 Å². The Bertz CT molecular complexity index is 512. The number of ketones is 1. The quantitative estimate of drug-likeness (QED) is 0.609. The van der Waals surface area contributed by atoms with E-state index in [4.69, 9.17) is 11.6 Å². The van der Waals surface area contributed by atoms with Crippen molar-refractivity contribution in [2.24, 2.45) is 0 Å². The molecule has 0 bridgehead atoms. The highest BCUT2D eigenvalue weighted by Gasteiger charge is 2.24. The molecule has 1 aromatic rings. The highest BCUT2D eigenvalue weighted by atomic mass is 35.5. The van der Waals surface area contributed by atoms with Crippen molar-refractivity contribution < 1.29 is 13.2 Å². The number of hydrogen-bond acceptors (Lipinski definition) is 6. The van der Waals surface area contributed by atoms with Crippen molar-refractivity contribution in [3.8, 4) is 0 Å². The molecule has 0 unspecified atom stereocenters. The van der Waals surface area contributed by atoms with Gasteiger partial charge in [0.1, 0.15) is 5.69 Å². The summed E-state index contributed by atoms with van der Waals surface area (Å²) in [7, 11) is -2.89. The van der Waals surface area contributed by atoms with Crippen LogP contribution in [0.15, 0.2) is 5.38 Å². The molecule has 0 aliphatic carbocycles. The molecular weight excluding hydrogens is 284 g/mol. The summed E-state index contributed by atoms with van der Waals surface area (Å²) in [5, 5.41) is 2.34.